The Morgan fingerprint density at radius 2 is 1.93 bits per heavy atom. The summed E-state index contributed by atoms with van der Waals surface area (Å²) in [5.74, 6) is -0.986. The number of hydrogen-bond donors (Lipinski definition) is 1. The zero-order valence-corrected chi connectivity index (χ0v) is 26.1. The van der Waals surface area contributed by atoms with Crippen LogP contribution in [0.3, 0.4) is 0 Å². The van der Waals surface area contributed by atoms with Crippen LogP contribution in [0.5, 0.6) is 11.5 Å². The van der Waals surface area contributed by atoms with E-state index in [9.17, 15) is 14.4 Å². The van der Waals surface area contributed by atoms with Crippen molar-refractivity contribution < 1.29 is 33.0 Å². The van der Waals surface area contributed by atoms with E-state index in [0.29, 0.717) is 24.4 Å². The molecular weight excluding hydrogens is 555 g/mol. The van der Waals surface area contributed by atoms with E-state index in [1.54, 1.807) is 51.5 Å². The summed E-state index contributed by atoms with van der Waals surface area (Å²) in [4.78, 5) is 45.1. The average molecular weight is 599 g/mol. The first-order valence-corrected chi connectivity index (χ1v) is 14.7. The maximum atomic E-state index is 15.7. The highest BCUT2D eigenvalue weighted by Crippen LogP contribution is 2.40. The number of amides is 3. The molecule has 10 nitrogen and oxygen atoms in total. The van der Waals surface area contributed by atoms with Crippen LogP contribution in [0.2, 0.25) is 0 Å². The van der Waals surface area contributed by atoms with Gasteiger partial charge in [0.2, 0.25) is 0 Å². The van der Waals surface area contributed by atoms with Gasteiger partial charge in [-0.3, -0.25) is 9.59 Å². The molecule has 3 amide bonds. The summed E-state index contributed by atoms with van der Waals surface area (Å²) in [7, 11) is 1.59. The summed E-state index contributed by atoms with van der Waals surface area (Å²) < 4.78 is 32.6. The van der Waals surface area contributed by atoms with Crippen LogP contribution in [-0.2, 0) is 9.53 Å². The molecule has 0 aliphatic carbocycles. The summed E-state index contributed by atoms with van der Waals surface area (Å²) in [5.41, 5.74) is 4.93. The van der Waals surface area contributed by atoms with Gasteiger partial charge >= 0.3 is 6.09 Å². The van der Waals surface area contributed by atoms with Gasteiger partial charge in [-0.15, -0.1) is 0 Å². The number of hydrogen-bond acceptors (Lipinski definition) is 7. The predicted octanol–water partition coefficient (Wildman–Crippen LogP) is 4.55. The van der Waals surface area contributed by atoms with Gasteiger partial charge in [-0.1, -0.05) is 12.1 Å². The quantitative estimate of drug-likeness (QED) is 0.497. The maximum Gasteiger partial charge on any atom is 0.410 e. The summed E-state index contributed by atoms with van der Waals surface area (Å²) in [6.45, 7) is 11.7. The summed E-state index contributed by atoms with van der Waals surface area (Å²) in [6.07, 6.45) is 0.0793. The lowest BCUT2D eigenvalue weighted by Crippen LogP contribution is -2.56. The lowest BCUT2D eigenvalue weighted by atomic mass is 9.84. The van der Waals surface area contributed by atoms with Crippen molar-refractivity contribution in [2.75, 3.05) is 44.7 Å². The third kappa shape index (κ3) is 6.71. The largest absolute Gasteiger partial charge is 0.497 e. The summed E-state index contributed by atoms with van der Waals surface area (Å²) in [5, 5.41) is 0. The Kier molecular flexibility index (Phi) is 9.24. The number of anilines is 1. The molecule has 11 heteroatoms. The van der Waals surface area contributed by atoms with Crippen molar-refractivity contribution in [2.45, 2.75) is 71.1 Å². The van der Waals surface area contributed by atoms with E-state index in [0.717, 1.165) is 11.6 Å². The molecule has 1 fully saturated rings. The second-order valence-electron chi connectivity index (χ2n) is 12.4. The molecule has 2 aromatic carbocycles. The molecule has 2 aromatic rings. The second-order valence-corrected chi connectivity index (χ2v) is 12.4. The number of piperidine rings is 1. The first-order chi connectivity index (χ1) is 20.2. The van der Waals surface area contributed by atoms with Crippen molar-refractivity contribution in [3.8, 4) is 11.5 Å². The van der Waals surface area contributed by atoms with Gasteiger partial charge in [0.05, 0.1) is 24.4 Å². The highest BCUT2D eigenvalue weighted by Gasteiger charge is 2.43. The molecule has 4 rings (SSSR count). The number of benzene rings is 2. The van der Waals surface area contributed by atoms with E-state index in [1.807, 2.05) is 31.2 Å². The summed E-state index contributed by atoms with van der Waals surface area (Å²) in [6, 6.07) is 9.65. The minimum atomic E-state index is -1.22. The zero-order chi connectivity index (χ0) is 31.7. The molecule has 2 aliphatic heterocycles. The number of halogens is 1. The number of nitrogens with two attached hydrogens (primary N) is 1. The van der Waals surface area contributed by atoms with Crippen molar-refractivity contribution in [3.05, 3.63) is 53.3 Å². The monoisotopic (exact) mass is 598 g/mol. The van der Waals surface area contributed by atoms with Crippen LogP contribution < -0.4 is 20.1 Å². The van der Waals surface area contributed by atoms with E-state index in [1.165, 1.54) is 11.0 Å². The van der Waals surface area contributed by atoms with E-state index in [2.05, 4.69) is 0 Å². The Labute approximate surface area is 252 Å². The van der Waals surface area contributed by atoms with Crippen molar-refractivity contribution >= 4 is 23.6 Å². The molecule has 43 heavy (non-hydrogen) atoms. The molecule has 0 unspecified atom stereocenters. The molecule has 2 atom stereocenters. The SMILES string of the molecule is CCN(C(=O)c1cc2c(cc1F)OC(C)(C)C(=O)N2CCN)[C@H]1CN(C(=O)OC(C)(C)C)CC[C@@H]1c1cccc(OC)c1. The number of carbonyl (C=O) groups is 3. The highest BCUT2D eigenvalue weighted by molar-refractivity contribution is 6.04. The first-order valence-electron chi connectivity index (χ1n) is 14.7. The van der Waals surface area contributed by atoms with Crippen LogP contribution in [0.4, 0.5) is 14.9 Å². The predicted molar refractivity (Wildman–Crippen MR) is 161 cm³/mol. The maximum absolute atomic E-state index is 15.7. The van der Waals surface area contributed by atoms with Gasteiger partial charge in [0.1, 0.15) is 22.9 Å². The molecular formula is C32H43FN4O6. The van der Waals surface area contributed by atoms with Gasteiger partial charge in [0, 0.05) is 44.7 Å². The van der Waals surface area contributed by atoms with E-state index in [-0.39, 0.29) is 49.3 Å². The van der Waals surface area contributed by atoms with Crippen molar-refractivity contribution in [1.29, 1.82) is 0 Å². The molecule has 0 aromatic heterocycles. The molecule has 234 valence electrons. The minimum absolute atomic E-state index is 0.165. The number of likely N-dealkylation sites (N-methyl/N-ethyl adjacent to an activating group) is 1. The van der Waals surface area contributed by atoms with E-state index >= 15 is 4.39 Å². The average Bonchev–Trinajstić information content (AvgIpc) is 2.94. The van der Waals surface area contributed by atoms with Crippen LogP contribution in [0.1, 0.15) is 69.8 Å². The number of methoxy groups -OCH3 is 1. The minimum Gasteiger partial charge on any atom is -0.497 e. The fourth-order valence-corrected chi connectivity index (χ4v) is 5.79. The number of nitrogens with zero attached hydrogens (tertiary/aromatic N) is 3. The Hall–Kier alpha value is -3.86. The van der Waals surface area contributed by atoms with Gasteiger partial charge in [-0.05, 0) is 71.7 Å². The fourth-order valence-electron chi connectivity index (χ4n) is 5.79. The van der Waals surface area contributed by atoms with E-state index in [4.69, 9.17) is 19.9 Å². The van der Waals surface area contributed by atoms with Crippen LogP contribution in [0.25, 0.3) is 0 Å². The molecule has 2 N–H and O–H groups in total. The number of likely N-dealkylation sites (tertiary alicyclic amines) is 1. The molecule has 2 aliphatic rings. The smallest absolute Gasteiger partial charge is 0.410 e. The lowest BCUT2D eigenvalue weighted by Gasteiger charge is -2.44. The molecule has 1 saturated heterocycles. The lowest BCUT2D eigenvalue weighted by molar-refractivity contribution is -0.132. The van der Waals surface area contributed by atoms with Crippen molar-refractivity contribution in [3.63, 3.8) is 0 Å². The van der Waals surface area contributed by atoms with Crippen molar-refractivity contribution in [1.82, 2.24) is 9.80 Å². The molecule has 0 radical (unpaired) electrons. The zero-order valence-electron chi connectivity index (χ0n) is 26.1. The van der Waals surface area contributed by atoms with Crippen LogP contribution in [-0.4, -0.2) is 84.8 Å². The van der Waals surface area contributed by atoms with Crippen LogP contribution >= 0.6 is 0 Å². The Bertz CT molecular complexity index is 1370. The third-order valence-corrected chi connectivity index (χ3v) is 7.81. The van der Waals surface area contributed by atoms with Gasteiger partial charge in [-0.25, -0.2) is 9.18 Å². The van der Waals surface area contributed by atoms with Gasteiger partial charge in [0.15, 0.2) is 5.60 Å². The molecule has 0 bridgehead atoms. The number of rotatable bonds is 7. The highest BCUT2D eigenvalue weighted by atomic mass is 19.1. The molecule has 2 heterocycles. The first kappa shape index (κ1) is 32.1. The summed E-state index contributed by atoms with van der Waals surface area (Å²) >= 11 is 0. The van der Waals surface area contributed by atoms with Crippen molar-refractivity contribution in [2.24, 2.45) is 5.73 Å². The standard InChI is InChI=1S/C32H43FN4O6/c1-8-36(28(38)23-17-25-27(18-24(23)33)42-32(5,6)29(39)37(25)15-13-34)26-19-35(30(40)43-31(2,3)4)14-12-22(26)20-10-9-11-21(16-20)41-7/h9-11,16-18,22,26H,8,12-15,19,34H2,1-7H3/t22-,26+/m1/s1. The van der Waals surface area contributed by atoms with Crippen LogP contribution in [0.15, 0.2) is 36.4 Å². The van der Waals surface area contributed by atoms with Gasteiger partial charge < -0.3 is 34.6 Å². The normalized spacial score (nSPS) is 19.8. The Morgan fingerprint density at radius 3 is 2.56 bits per heavy atom. The topological polar surface area (TPSA) is 115 Å². The fraction of sp³-hybridized carbons (Fsp3) is 0.531. The van der Waals surface area contributed by atoms with Gasteiger partial charge in [-0.2, -0.15) is 0 Å². The van der Waals surface area contributed by atoms with E-state index < -0.39 is 35.1 Å². The van der Waals surface area contributed by atoms with Gasteiger partial charge in [0.25, 0.3) is 11.8 Å². The Morgan fingerprint density at radius 1 is 1.21 bits per heavy atom. The Balaban J connectivity index is 1.75. The number of ether oxygens (including phenoxy) is 3. The number of carbonyl (C=O) groups excluding carboxylic acids is 3. The number of fused-ring (bicyclic) bond motifs is 1. The third-order valence-electron chi connectivity index (χ3n) is 7.81. The molecule has 0 spiro atoms. The molecule has 0 saturated carbocycles. The second kappa shape index (κ2) is 12.4. The van der Waals surface area contributed by atoms with Crippen LogP contribution in [0, 0.1) is 5.82 Å².